The summed E-state index contributed by atoms with van der Waals surface area (Å²) in [6.45, 7) is 5.09. The van der Waals surface area contributed by atoms with Gasteiger partial charge in [0.15, 0.2) is 0 Å². The minimum Gasteiger partial charge on any atom is -0.354 e. The molecule has 7 heteroatoms. The van der Waals surface area contributed by atoms with Gasteiger partial charge in [0.1, 0.15) is 5.82 Å². The van der Waals surface area contributed by atoms with Crippen LogP contribution >= 0.6 is 0 Å². The van der Waals surface area contributed by atoms with Gasteiger partial charge in [-0.1, -0.05) is 0 Å². The summed E-state index contributed by atoms with van der Waals surface area (Å²) in [4.78, 5) is 11.1. The molecule has 0 bridgehead atoms. The van der Waals surface area contributed by atoms with Gasteiger partial charge < -0.3 is 15.5 Å². The molecule has 3 rings (SSSR count). The quantitative estimate of drug-likeness (QED) is 0.860. The Labute approximate surface area is 118 Å². The normalized spacial score (nSPS) is 19.1. The summed E-state index contributed by atoms with van der Waals surface area (Å²) < 4.78 is 1.74. The Kier molecular flexibility index (Phi) is 3.51. The van der Waals surface area contributed by atoms with E-state index in [9.17, 15) is 0 Å². The molecule has 2 aromatic heterocycles. The van der Waals surface area contributed by atoms with Crippen LogP contribution in [0.25, 0.3) is 0 Å². The van der Waals surface area contributed by atoms with Crippen LogP contribution in [-0.4, -0.2) is 45.4 Å². The topological polar surface area (TPSA) is 70.9 Å². The van der Waals surface area contributed by atoms with Crippen LogP contribution in [0, 0.1) is 0 Å². The van der Waals surface area contributed by atoms with Crippen LogP contribution in [0.1, 0.15) is 6.92 Å². The van der Waals surface area contributed by atoms with Gasteiger partial charge in [0.25, 0.3) is 0 Å². The van der Waals surface area contributed by atoms with Crippen LogP contribution in [0.15, 0.2) is 24.7 Å². The number of aryl methyl sites for hydroxylation is 1. The van der Waals surface area contributed by atoms with Gasteiger partial charge >= 0.3 is 0 Å². The lowest BCUT2D eigenvalue weighted by Gasteiger charge is -2.32. The SMILES string of the molecule is C[C@@H]1CN(c2ccnc(Nc3cnn(C)c3)n2)CCN1. The van der Waals surface area contributed by atoms with Crippen molar-refractivity contribution in [2.24, 2.45) is 7.05 Å². The molecule has 2 aromatic rings. The fraction of sp³-hybridized carbons (Fsp3) is 0.462. The molecule has 1 fully saturated rings. The third kappa shape index (κ3) is 2.88. The molecule has 1 atom stereocenters. The number of piperazine rings is 1. The average Bonchev–Trinajstić information content (AvgIpc) is 2.84. The molecular weight excluding hydrogens is 254 g/mol. The number of hydrogen-bond donors (Lipinski definition) is 2. The number of anilines is 3. The average molecular weight is 273 g/mol. The largest absolute Gasteiger partial charge is 0.354 e. The molecule has 3 heterocycles. The van der Waals surface area contributed by atoms with Crippen molar-refractivity contribution in [3.63, 3.8) is 0 Å². The zero-order valence-electron chi connectivity index (χ0n) is 11.7. The lowest BCUT2D eigenvalue weighted by molar-refractivity contribution is 0.482. The molecule has 0 unspecified atom stereocenters. The van der Waals surface area contributed by atoms with Gasteiger partial charge in [0.2, 0.25) is 5.95 Å². The maximum atomic E-state index is 4.57. The van der Waals surface area contributed by atoms with Gasteiger partial charge in [0, 0.05) is 45.1 Å². The lowest BCUT2D eigenvalue weighted by atomic mass is 10.2. The van der Waals surface area contributed by atoms with Gasteiger partial charge in [-0.2, -0.15) is 10.1 Å². The van der Waals surface area contributed by atoms with Crippen LogP contribution in [0.2, 0.25) is 0 Å². The summed E-state index contributed by atoms with van der Waals surface area (Å²) in [6.07, 6.45) is 5.43. The van der Waals surface area contributed by atoms with Crippen LogP contribution in [0.4, 0.5) is 17.5 Å². The molecule has 0 aromatic carbocycles. The van der Waals surface area contributed by atoms with E-state index in [1.54, 1.807) is 17.1 Å². The molecule has 0 saturated carbocycles. The maximum Gasteiger partial charge on any atom is 0.229 e. The minimum absolute atomic E-state index is 0.480. The summed E-state index contributed by atoms with van der Waals surface area (Å²) in [6, 6.07) is 2.43. The predicted octanol–water partition coefficient (Wildman–Crippen LogP) is 0.752. The highest BCUT2D eigenvalue weighted by Gasteiger charge is 2.17. The number of aromatic nitrogens is 4. The first-order valence-electron chi connectivity index (χ1n) is 6.78. The third-order valence-corrected chi connectivity index (χ3v) is 3.29. The number of nitrogens with zero attached hydrogens (tertiary/aromatic N) is 5. The van der Waals surface area contributed by atoms with Crippen LogP contribution in [0.3, 0.4) is 0 Å². The van der Waals surface area contributed by atoms with Crippen molar-refractivity contribution in [3.05, 3.63) is 24.7 Å². The smallest absolute Gasteiger partial charge is 0.229 e. The summed E-state index contributed by atoms with van der Waals surface area (Å²) in [5, 5.41) is 10.7. The zero-order chi connectivity index (χ0) is 13.9. The highest BCUT2D eigenvalue weighted by Crippen LogP contribution is 2.16. The number of hydrogen-bond acceptors (Lipinski definition) is 6. The second kappa shape index (κ2) is 5.46. The molecule has 0 aliphatic carbocycles. The van der Waals surface area contributed by atoms with E-state index in [1.165, 1.54) is 0 Å². The summed E-state index contributed by atoms with van der Waals surface area (Å²) in [5.41, 5.74) is 0.887. The van der Waals surface area contributed by atoms with Gasteiger partial charge in [0.05, 0.1) is 11.9 Å². The molecule has 0 amide bonds. The van der Waals surface area contributed by atoms with E-state index in [0.29, 0.717) is 12.0 Å². The molecule has 1 aliphatic rings. The molecule has 0 spiro atoms. The Bertz CT molecular complexity index is 580. The van der Waals surface area contributed by atoms with E-state index >= 15 is 0 Å². The summed E-state index contributed by atoms with van der Waals surface area (Å²) in [7, 11) is 1.88. The Hall–Kier alpha value is -2.15. The highest BCUT2D eigenvalue weighted by atomic mass is 15.3. The first-order valence-corrected chi connectivity index (χ1v) is 6.78. The van der Waals surface area contributed by atoms with Crippen molar-refractivity contribution in [1.82, 2.24) is 25.1 Å². The fourth-order valence-corrected chi connectivity index (χ4v) is 2.34. The molecule has 2 N–H and O–H groups in total. The molecule has 106 valence electrons. The monoisotopic (exact) mass is 273 g/mol. The zero-order valence-corrected chi connectivity index (χ0v) is 11.7. The van der Waals surface area contributed by atoms with Gasteiger partial charge in [-0.25, -0.2) is 4.98 Å². The lowest BCUT2D eigenvalue weighted by Crippen LogP contribution is -2.49. The second-order valence-corrected chi connectivity index (χ2v) is 5.07. The minimum atomic E-state index is 0.480. The summed E-state index contributed by atoms with van der Waals surface area (Å²) in [5.74, 6) is 1.56. The molecule has 20 heavy (non-hydrogen) atoms. The van der Waals surface area contributed by atoms with Crippen molar-refractivity contribution in [2.75, 3.05) is 29.9 Å². The molecule has 7 nitrogen and oxygen atoms in total. The van der Waals surface area contributed by atoms with Crippen LogP contribution < -0.4 is 15.5 Å². The second-order valence-electron chi connectivity index (χ2n) is 5.07. The Morgan fingerprint density at radius 1 is 1.45 bits per heavy atom. The van der Waals surface area contributed by atoms with Crippen molar-refractivity contribution < 1.29 is 0 Å². The fourth-order valence-electron chi connectivity index (χ4n) is 2.34. The maximum absolute atomic E-state index is 4.57. The van der Waals surface area contributed by atoms with E-state index in [2.05, 4.69) is 37.5 Å². The Morgan fingerprint density at radius 2 is 2.35 bits per heavy atom. The molecule has 1 saturated heterocycles. The van der Waals surface area contributed by atoms with E-state index in [0.717, 1.165) is 31.1 Å². The Balaban J connectivity index is 1.75. The number of rotatable bonds is 3. The van der Waals surface area contributed by atoms with Crippen molar-refractivity contribution in [2.45, 2.75) is 13.0 Å². The first kappa shape index (κ1) is 12.9. The van der Waals surface area contributed by atoms with E-state index in [1.807, 2.05) is 19.3 Å². The third-order valence-electron chi connectivity index (χ3n) is 3.29. The van der Waals surface area contributed by atoms with Crippen molar-refractivity contribution >= 4 is 17.5 Å². The number of nitrogens with one attached hydrogen (secondary N) is 2. The van der Waals surface area contributed by atoms with Gasteiger partial charge in [-0.05, 0) is 13.0 Å². The van der Waals surface area contributed by atoms with Gasteiger partial charge in [-0.15, -0.1) is 0 Å². The standard InChI is InChI=1S/C13H19N7/c1-10-8-20(6-5-14-10)12-3-4-15-13(18-12)17-11-7-16-19(2)9-11/h3-4,7,9-10,14H,5-6,8H2,1-2H3,(H,15,17,18)/t10-/m1/s1. The highest BCUT2D eigenvalue weighted by molar-refractivity contribution is 5.53. The Morgan fingerprint density at radius 3 is 3.10 bits per heavy atom. The first-order chi connectivity index (χ1) is 9.70. The van der Waals surface area contributed by atoms with E-state index in [-0.39, 0.29) is 0 Å². The summed E-state index contributed by atoms with van der Waals surface area (Å²) >= 11 is 0. The van der Waals surface area contributed by atoms with Crippen molar-refractivity contribution in [3.8, 4) is 0 Å². The van der Waals surface area contributed by atoms with Gasteiger partial charge in [-0.3, -0.25) is 4.68 Å². The van der Waals surface area contributed by atoms with Crippen LogP contribution in [0.5, 0.6) is 0 Å². The van der Waals surface area contributed by atoms with E-state index in [4.69, 9.17) is 0 Å². The molecule has 0 radical (unpaired) electrons. The van der Waals surface area contributed by atoms with E-state index < -0.39 is 0 Å². The van der Waals surface area contributed by atoms with Crippen molar-refractivity contribution in [1.29, 1.82) is 0 Å². The molecule has 1 aliphatic heterocycles. The molecular formula is C13H19N7. The van der Waals surface area contributed by atoms with Crippen LogP contribution in [-0.2, 0) is 7.05 Å². The predicted molar refractivity (Wildman–Crippen MR) is 78.2 cm³/mol.